The molecule has 1 rings (SSSR count). The molecule has 0 aromatic heterocycles. The van der Waals surface area contributed by atoms with Crippen molar-refractivity contribution in [1.82, 2.24) is 0 Å². The maximum atomic E-state index is 10.3. The van der Waals surface area contributed by atoms with Crippen molar-refractivity contribution < 1.29 is 4.92 Å². The van der Waals surface area contributed by atoms with E-state index in [1.807, 2.05) is 31.2 Å². The summed E-state index contributed by atoms with van der Waals surface area (Å²) in [6.45, 7) is 1.83. The quantitative estimate of drug-likeness (QED) is 0.606. The van der Waals surface area contributed by atoms with E-state index in [0.29, 0.717) is 0 Å². The number of halogens is 1. The van der Waals surface area contributed by atoms with Gasteiger partial charge in [0.15, 0.2) is 0 Å². The molecule has 0 aliphatic rings. The summed E-state index contributed by atoms with van der Waals surface area (Å²) in [5, 5.41) is 10.3. The van der Waals surface area contributed by atoms with Gasteiger partial charge in [-0.25, -0.2) is 0 Å². The molecule has 0 saturated carbocycles. The van der Waals surface area contributed by atoms with E-state index in [1.54, 1.807) is 0 Å². The van der Waals surface area contributed by atoms with Crippen LogP contribution in [0.5, 0.6) is 0 Å². The minimum atomic E-state index is -0.286. The van der Waals surface area contributed by atoms with Gasteiger partial charge < -0.3 is 0 Å². The second-order valence-electron chi connectivity index (χ2n) is 2.97. The molecule has 70 valence electrons. The first kappa shape index (κ1) is 10.2. The smallest absolute Gasteiger partial charge is 0.210 e. The Hall–Kier alpha value is -0.900. The monoisotopic (exact) mass is 243 g/mol. The van der Waals surface area contributed by atoms with Crippen LogP contribution in [0.25, 0.3) is 0 Å². The summed E-state index contributed by atoms with van der Waals surface area (Å²) in [5.41, 5.74) is 0.992. The Morgan fingerprint density at radius 1 is 1.62 bits per heavy atom. The largest absolute Gasteiger partial charge is 0.265 e. The molecule has 1 aromatic rings. The Bertz CT molecular complexity index is 314. The standard InChI is InChI=1S/C9H10BrNO2/c1-7(6-11(12)13)8-3-2-4-9(10)5-8/h2-5,7H,6H2,1H3/t7-/m1/s1. The fraction of sp³-hybridized carbons (Fsp3) is 0.333. The van der Waals surface area contributed by atoms with Crippen LogP contribution in [0, 0.1) is 10.1 Å². The number of nitrogens with zero attached hydrogens (tertiary/aromatic N) is 1. The van der Waals surface area contributed by atoms with Crippen LogP contribution < -0.4 is 0 Å². The van der Waals surface area contributed by atoms with Gasteiger partial charge in [-0.3, -0.25) is 10.1 Å². The second-order valence-corrected chi connectivity index (χ2v) is 3.89. The Balaban J connectivity index is 2.76. The van der Waals surface area contributed by atoms with Gasteiger partial charge in [-0.1, -0.05) is 35.0 Å². The molecule has 4 heteroatoms. The van der Waals surface area contributed by atoms with E-state index in [0.717, 1.165) is 10.0 Å². The summed E-state index contributed by atoms with van der Waals surface area (Å²) in [5.74, 6) is -0.0347. The Labute approximate surface area is 85.0 Å². The third kappa shape index (κ3) is 3.14. The Kier molecular flexibility index (Phi) is 3.42. The summed E-state index contributed by atoms with van der Waals surface area (Å²) in [4.78, 5) is 9.98. The molecule has 0 saturated heterocycles. The maximum absolute atomic E-state index is 10.3. The molecule has 0 aliphatic carbocycles. The van der Waals surface area contributed by atoms with Crippen molar-refractivity contribution in [3.05, 3.63) is 44.4 Å². The highest BCUT2D eigenvalue weighted by molar-refractivity contribution is 9.10. The van der Waals surface area contributed by atoms with Gasteiger partial charge >= 0.3 is 0 Å². The summed E-state index contributed by atoms with van der Waals surface area (Å²) in [6.07, 6.45) is 0. The zero-order chi connectivity index (χ0) is 9.84. The lowest BCUT2D eigenvalue weighted by Gasteiger charge is -2.06. The van der Waals surface area contributed by atoms with Gasteiger partial charge in [0.05, 0.1) is 0 Å². The normalized spacial score (nSPS) is 12.5. The van der Waals surface area contributed by atoms with Crippen molar-refractivity contribution in [2.75, 3.05) is 6.54 Å². The average molecular weight is 244 g/mol. The van der Waals surface area contributed by atoms with Gasteiger partial charge in [-0.15, -0.1) is 0 Å². The number of hydrogen-bond donors (Lipinski definition) is 0. The predicted octanol–water partition coefficient (Wildman–Crippen LogP) is 2.83. The zero-order valence-electron chi connectivity index (χ0n) is 7.24. The highest BCUT2D eigenvalue weighted by Crippen LogP contribution is 2.19. The van der Waals surface area contributed by atoms with Crippen LogP contribution in [0.15, 0.2) is 28.7 Å². The first-order chi connectivity index (χ1) is 6.09. The molecule has 13 heavy (non-hydrogen) atoms. The SMILES string of the molecule is C[C@H](C[N+](=O)[O-])c1cccc(Br)c1. The fourth-order valence-electron chi connectivity index (χ4n) is 1.14. The molecule has 3 nitrogen and oxygen atoms in total. The molecular weight excluding hydrogens is 234 g/mol. The van der Waals surface area contributed by atoms with Crippen molar-refractivity contribution in [2.24, 2.45) is 0 Å². The molecule has 1 aromatic carbocycles. The number of rotatable bonds is 3. The van der Waals surface area contributed by atoms with Crippen LogP contribution in [-0.4, -0.2) is 11.5 Å². The van der Waals surface area contributed by atoms with Crippen LogP contribution in [0.2, 0.25) is 0 Å². The fourth-order valence-corrected chi connectivity index (χ4v) is 1.56. The number of nitro groups is 1. The Morgan fingerprint density at radius 2 is 2.31 bits per heavy atom. The number of hydrogen-bond acceptors (Lipinski definition) is 2. The second kappa shape index (κ2) is 4.37. The molecule has 0 radical (unpaired) electrons. The molecule has 0 heterocycles. The van der Waals surface area contributed by atoms with Gasteiger partial charge in [-0.05, 0) is 17.7 Å². The van der Waals surface area contributed by atoms with E-state index in [9.17, 15) is 10.1 Å². The van der Waals surface area contributed by atoms with E-state index in [1.165, 1.54) is 0 Å². The highest BCUT2D eigenvalue weighted by Gasteiger charge is 2.11. The van der Waals surface area contributed by atoms with Crippen LogP contribution in [0.3, 0.4) is 0 Å². The van der Waals surface area contributed by atoms with Crippen molar-refractivity contribution in [3.8, 4) is 0 Å². The van der Waals surface area contributed by atoms with Crippen LogP contribution >= 0.6 is 15.9 Å². The van der Waals surface area contributed by atoms with Crippen molar-refractivity contribution in [3.63, 3.8) is 0 Å². The van der Waals surface area contributed by atoms with Gasteiger partial charge in [-0.2, -0.15) is 0 Å². The summed E-state index contributed by atoms with van der Waals surface area (Å²) >= 11 is 3.33. The van der Waals surface area contributed by atoms with E-state index < -0.39 is 0 Å². The highest BCUT2D eigenvalue weighted by atomic mass is 79.9. The van der Waals surface area contributed by atoms with Gasteiger partial charge in [0, 0.05) is 15.3 Å². The van der Waals surface area contributed by atoms with E-state index in [2.05, 4.69) is 15.9 Å². The first-order valence-electron chi connectivity index (χ1n) is 3.97. The van der Waals surface area contributed by atoms with E-state index in [4.69, 9.17) is 0 Å². The van der Waals surface area contributed by atoms with Crippen LogP contribution in [0.4, 0.5) is 0 Å². The van der Waals surface area contributed by atoms with Gasteiger partial charge in [0.1, 0.15) is 0 Å². The van der Waals surface area contributed by atoms with Gasteiger partial charge in [0.2, 0.25) is 6.54 Å². The molecule has 0 fully saturated rings. The molecule has 1 atom stereocenters. The average Bonchev–Trinajstić information content (AvgIpc) is 2.03. The lowest BCUT2D eigenvalue weighted by atomic mass is 10.0. The summed E-state index contributed by atoms with van der Waals surface area (Å²) in [6, 6.07) is 7.60. The lowest BCUT2D eigenvalue weighted by molar-refractivity contribution is -0.482. The van der Waals surface area contributed by atoms with Crippen molar-refractivity contribution in [2.45, 2.75) is 12.8 Å². The Morgan fingerprint density at radius 3 is 2.85 bits per heavy atom. The van der Waals surface area contributed by atoms with Crippen LogP contribution in [-0.2, 0) is 0 Å². The minimum Gasteiger partial charge on any atom is -0.265 e. The van der Waals surface area contributed by atoms with Crippen molar-refractivity contribution in [1.29, 1.82) is 0 Å². The topological polar surface area (TPSA) is 43.1 Å². The van der Waals surface area contributed by atoms with Crippen molar-refractivity contribution >= 4 is 15.9 Å². The molecule has 0 spiro atoms. The predicted molar refractivity (Wildman–Crippen MR) is 54.4 cm³/mol. The third-order valence-corrected chi connectivity index (χ3v) is 2.33. The molecule has 0 bridgehead atoms. The number of benzene rings is 1. The van der Waals surface area contributed by atoms with E-state index in [-0.39, 0.29) is 17.4 Å². The maximum Gasteiger partial charge on any atom is 0.210 e. The first-order valence-corrected chi connectivity index (χ1v) is 4.76. The third-order valence-electron chi connectivity index (χ3n) is 1.84. The summed E-state index contributed by atoms with van der Waals surface area (Å²) < 4.78 is 0.959. The minimum absolute atomic E-state index is 0.0174. The summed E-state index contributed by atoms with van der Waals surface area (Å²) in [7, 11) is 0. The van der Waals surface area contributed by atoms with E-state index >= 15 is 0 Å². The molecular formula is C9H10BrNO2. The zero-order valence-corrected chi connectivity index (χ0v) is 8.82. The molecule has 0 aliphatic heterocycles. The lowest BCUT2D eigenvalue weighted by Crippen LogP contribution is -2.09. The molecule has 0 N–H and O–H groups in total. The van der Waals surface area contributed by atoms with Crippen LogP contribution in [0.1, 0.15) is 18.4 Å². The van der Waals surface area contributed by atoms with Gasteiger partial charge in [0.25, 0.3) is 0 Å². The molecule has 0 unspecified atom stereocenters. The molecule has 0 amide bonds.